The van der Waals surface area contributed by atoms with Crippen molar-refractivity contribution in [2.24, 2.45) is 5.73 Å². The Morgan fingerprint density at radius 1 is 1.50 bits per heavy atom. The van der Waals surface area contributed by atoms with E-state index < -0.39 is 10.7 Å². The van der Waals surface area contributed by atoms with Gasteiger partial charge in [0.15, 0.2) is 0 Å². The van der Waals surface area contributed by atoms with Crippen molar-refractivity contribution >= 4 is 45.0 Å². The minimum Gasteiger partial charge on any atom is -0.369 e. The summed E-state index contributed by atoms with van der Waals surface area (Å²) >= 11 is 14.9. The van der Waals surface area contributed by atoms with Gasteiger partial charge in [0.25, 0.3) is 0 Å². The highest BCUT2D eigenvalue weighted by Gasteiger charge is 2.13. The van der Waals surface area contributed by atoms with Crippen LogP contribution in [-0.4, -0.2) is 10.7 Å². The van der Waals surface area contributed by atoms with Crippen molar-refractivity contribution < 1.29 is 4.79 Å². The molecule has 5 heteroatoms. The van der Waals surface area contributed by atoms with Crippen LogP contribution in [0.3, 0.4) is 0 Å². The first-order chi connectivity index (χ1) is 6.50. The summed E-state index contributed by atoms with van der Waals surface area (Å²) in [6, 6.07) is 5.11. The van der Waals surface area contributed by atoms with Crippen molar-refractivity contribution in [1.29, 1.82) is 0 Å². The molecule has 2 N–H and O–H groups in total. The van der Waals surface area contributed by atoms with Gasteiger partial charge in [0.05, 0.1) is 4.83 Å². The number of halogens is 3. The van der Waals surface area contributed by atoms with Crippen LogP contribution in [0.4, 0.5) is 0 Å². The molecule has 0 spiro atoms. The van der Waals surface area contributed by atoms with Crippen molar-refractivity contribution in [1.82, 2.24) is 0 Å². The Hall–Kier alpha value is -0.250. The second kappa shape index (κ2) is 5.01. The number of hydrogen-bond donors (Lipinski definition) is 1. The molecule has 0 fully saturated rings. The van der Waals surface area contributed by atoms with E-state index >= 15 is 0 Å². The van der Waals surface area contributed by atoms with E-state index in [-0.39, 0.29) is 0 Å². The highest BCUT2D eigenvalue weighted by molar-refractivity contribution is 9.10. The Kier molecular flexibility index (Phi) is 4.23. The summed E-state index contributed by atoms with van der Waals surface area (Å²) in [6.45, 7) is 0. The molecule has 1 unspecified atom stereocenters. The first-order valence-electron chi connectivity index (χ1n) is 3.88. The van der Waals surface area contributed by atoms with Gasteiger partial charge in [-0.1, -0.05) is 39.1 Å². The van der Waals surface area contributed by atoms with Gasteiger partial charge in [-0.2, -0.15) is 0 Å². The van der Waals surface area contributed by atoms with Gasteiger partial charge in [0.1, 0.15) is 0 Å². The maximum Gasteiger partial charge on any atom is 0.231 e. The molecule has 1 rings (SSSR count). The number of carbonyl (C=O) groups excluding carboxylic acids is 1. The number of alkyl halides is 1. The van der Waals surface area contributed by atoms with Crippen molar-refractivity contribution in [3.05, 3.63) is 33.8 Å². The van der Waals surface area contributed by atoms with Gasteiger partial charge >= 0.3 is 0 Å². The molecule has 1 aromatic rings. The minimum absolute atomic E-state index is 0.416. The lowest BCUT2D eigenvalue weighted by atomic mass is 10.1. The first-order valence-corrected chi connectivity index (χ1v) is 5.55. The molecular formula is C9H8BrCl2NO. The van der Waals surface area contributed by atoms with Crippen LogP contribution in [0.15, 0.2) is 18.2 Å². The predicted molar refractivity (Wildman–Crippen MR) is 62.1 cm³/mol. The summed E-state index contributed by atoms with van der Waals surface area (Å²) in [7, 11) is 0. The predicted octanol–water partition coefficient (Wildman–Crippen LogP) is 2.78. The number of amides is 1. The van der Waals surface area contributed by atoms with Crippen LogP contribution >= 0.6 is 39.1 Å². The molecule has 1 atom stereocenters. The summed E-state index contributed by atoms with van der Waals surface area (Å²) in [6.07, 6.45) is 0.439. The van der Waals surface area contributed by atoms with Crippen LogP contribution in [0, 0.1) is 0 Å². The third kappa shape index (κ3) is 3.15. The Balaban J connectivity index is 2.85. The highest BCUT2D eigenvalue weighted by Crippen LogP contribution is 2.23. The number of benzene rings is 1. The number of primary amides is 1. The molecule has 0 aliphatic heterocycles. The second-order valence-corrected chi connectivity index (χ2v) is 4.76. The average molecular weight is 297 g/mol. The van der Waals surface area contributed by atoms with Crippen LogP contribution in [-0.2, 0) is 11.2 Å². The van der Waals surface area contributed by atoms with E-state index in [0.717, 1.165) is 5.56 Å². The van der Waals surface area contributed by atoms with E-state index in [1.54, 1.807) is 18.2 Å². The summed E-state index contributed by atoms with van der Waals surface area (Å²) < 4.78 is 0. The summed E-state index contributed by atoms with van der Waals surface area (Å²) in [5.74, 6) is -0.416. The van der Waals surface area contributed by atoms with E-state index in [0.29, 0.717) is 16.5 Å². The molecule has 1 amide bonds. The number of carbonyl (C=O) groups is 1. The zero-order valence-corrected chi connectivity index (χ0v) is 10.2. The molecule has 0 radical (unpaired) electrons. The molecule has 0 heterocycles. The van der Waals surface area contributed by atoms with E-state index in [9.17, 15) is 4.79 Å². The van der Waals surface area contributed by atoms with E-state index in [4.69, 9.17) is 28.9 Å². The number of hydrogen-bond acceptors (Lipinski definition) is 1. The molecule has 1 aromatic carbocycles. The summed E-state index contributed by atoms with van der Waals surface area (Å²) in [5.41, 5.74) is 5.92. The fourth-order valence-corrected chi connectivity index (χ4v) is 1.73. The maximum atomic E-state index is 10.8. The van der Waals surface area contributed by atoms with Gasteiger partial charge in [0.2, 0.25) is 5.91 Å². The molecule has 0 saturated carbocycles. The normalized spacial score (nSPS) is 12.5. The largest absolute Gasteiger partial charge is 0.369 e. The molecular weight excluding hydrogens is 289 g/mol. The van der Waals surface area contributed by atoms with Gasteiger partial charge in [-0.25, -0.2) is 0 Å². The lowest BCUT2D eigenvalue weighted by Crippen LogP contribution is -2.25. The summed E-state index contributed by atoms with van der Waals surface area (Å²) in [5, 5.41) is 1.17. The quantitative estimate of drug-likeness (QED) is 0.857. The maximum absolute atomic E-state index is 10.8. The molecule has 0 bridgehead atoms. The van der Waals surface area contributed by atoms with E-state index in [1.165, 1.54) is 0 Å². The lowest BCUT2D eigenvalue weighted by molar-refractivity contribution is -0.117. The Bertz CT molecular complexity index is 357. The van der Waals surface area contributed by atoms with E-state index in [1.807, 2.05) is 0 Å². The topological polar surface area (TPSA) is 43.1 Å². The van der Waals surface area contributed by atoms with Gasteiger partial charge in [-0.15, -0.1) is 0 Å². The smallest absolute Gasteiger partial charge is 0.231 e. The fourth-order valence-electron chi connectivity index (χ4n) is 0.993. The first kappa shape index (κ1) is 11.8. The Labute approximate surface area is 101 Å². The van der Waals surface area contributed by atoms with Crippen molar-refractivity contribution in [3.8, 4) is 0 Å². The SMILES string of the molecule is NC(=O)C(Br)Cc1cc(Cl)ccc1Cl. The molecule has 0 aromatic heterocycles. The number of nitrogens with two attached hydrogens (primary N) is 1. The second-order valence-electron chi connectivity index (χ2n) is 2.81. The standard InChI is InChI=1S/C9H8BrCl2NO/c10-7(9(13)14)4-5-3-6(11)1-2-8(5)12/h1-3,7H,4H2,(H2,13,14). The van der Waals surface area contributed by atoms with Crippen LogP contribution in [0.2, 0.25) is 10.0 Å². The van der Waals surface area contributed by atoms with Gasteiger partial charge < -0.3 is 5.73 Å². The van der Waals surface area contributed by atoms with Crippen LogP contribution < -0.4 is 5.73 Å². The monoisotopic (exact) mass is 295 g/mol. The van der Waals surface area contributed by atoms with Gasteiger partial charge in [0, 0.05) is 10.0 Å². The molecule has 14 heavy (non-hydrogen) atoms. The highest BCUT2D eigenvalue weighted by atomic mass is 79.9. The van der Waals surface area contributed by atoms with Crippen LogP contribution in [0.1, 0.15) is 5.56 Å². The Morgan fingerprint density at radius 2 is 2.14 bits per heavy atom. The van der Waals surface area contributed by atoms with Gasteiger partial charge in [-0.05, 0) is 30.2 Å². The lowest BCUT2D eigenvalue weighted by Gasteiger charge is -2.07. The average Bonchev–Trinajstić information content (AvgIpc) is 2.11. The molecule has 0 saturated heterocycles. The third-order valence-corrected chi connectivity index (χ3v) is 3.09. The third-order valence-electron chi connectivity index (χ3n) is 1.72. The van der Waals surface area contributed by atoms with Crippen molar-refractivity contribution in [2.75, 3.05) is 0 Å². The number of rotatable bonds is 3. The summed E-state index contributed by atoms with van der Waals surface area (Å²) in [4.78, 5) is 10.4. The zero-order valence-electron chi connectivity index (χ0n) is 7.14. The molecule has 0 aliphatic rings. The van der Waals surface area contributed by atoms with E-state index in [2.05, 4.69) is 15.9 Å². The van der Waals surface area contributed by atoms with Crippen LogP contribution in [0.5, 0.6) is 0 Å². The van der Waals surface area contributed by atoms with Gasteiger partial charge in [-0.3, -0.25) is 4.79 Å². The Morgan fingerprint density at radius 3 is 2.71 bits per heavy atom. The minimum atomic E-state index is -0.418. The fraction of sp³-hybridized carbons (Fsp3) is 0.222. The zero-order chi connectivity index (χ0) is 10.7. The van der Waals surface area contributed by atoms with Crippen molar-refractivity contribution in [2.45, 2.75) is 11.2 Å². The van der Waals surface area contributed by atoms with Crippen molar-refractivity contribution in [3.63, 3.8) is 0 Å². The molecule has 2 nitrogen and oxygen atoms in total. The molecule has 0 aliphatic carbocycles. The van der Waals surface area contributed by atoms with Crippen LogP contribution in [0.25, 0.3) is 0 Å². The molecule has 76 valence electrons.